The molecule has 180 valence electrons. The molecular weight excluding hydrogens is 436 g/mol. The van der Waals surface area contributed by atoms with Gasteiger partial charge >= 0.3 is 5.97 Å². The molecule has 2 N–H and O–H groups in total. The number of carbonyl (C=O) groups excluding carboxylic acids is 1. The predicted molar refractivity (Wildman–Crippen MR) is 124 cm³/mol. The molecule has 8 nitrogen and oxygen atoms in total. The predicted octanol–water partition coefficient (Wildman–Crippen LogP) is 3.32. The Morgan fingerprint density at radius 2 is 1.76 bits per heavy atom. The first kappa shape index (κ1) is 22.5. The van der Waals surface area contributed by atoms with Gasteiger partial charge in [0.2, 0.25) is 12.7 Å². The van der Waals surface area contributed by atoms with E-state index in [1.807, 2.05) is 47.4 Å². The van der Waals surface area contributed by atoms with Gasteiger partial charge in [-0.25, -0.2) is 0 Å². The number of hydrogen-bond acceptors (Lipinski definition) is 6. The maximum Gasteiger partial charge on any atom is 0.309 e. The molecule has 1 amide bonds. The lowest BCUT2D eigenvalue weighted by atomic mass is 9.82. The van der Waals surface area contributed by atoms with Crippen LogP contribution in [0.4, 0.5) is 0 Å². The monoisotopic (exact) mass is 466 g/mol. The van der Waals surface area contributed by atoms with E-state index in [-0.39, 0.29) is 31.2 Å². The Labute approximate surface area is 198 Å². The second kappa shape index (κ2) is 9.54. The van der Waals surface area contributed by atoms with Gasteiger partial charge in [-0.1, -0.05) is 31.0 Å². The Hall–Kier alpha value is -3.26. The van der Waals surface area contributed by atoms with Crippen LogP contribution in [0.3, 0.4) is 0 Å². The Kier molecular flexibility index (Phi) is 6.32. The number of carboxylic acid groups (broad SMARTS) is 1. The van der Waals surface area contributed by atoms with Crippen molar-refractivity contribution in [2.45, 2.75) is 43.7 Å². The SMILES string of the molecule is COc1ccc(C2C(C(=O)O)C(c3ccc4c(c3)OCO4)CN2CC(=O)NC2CCCC2)cc1. The minimum absolute atomic E-state index is 0.0547. The second-order valence-corrected chi connectivity index (χ2v) is 9.28. The number of nitrogens with one attached hydrogen (secondary N) is 1. The van der Waals surface area contributed by atoms with Crippen molar-refractivity contribution in [3.63, 3.8) is 0 Å². The van der Waals surface area contributed by atoms with Crippen molar-refractivity contribution >= 4 is 11.9 Å². The van der Waals surface area contributed by atoms with E-state index in [1.165, 1.54) is 0 Å². The number of benzene rings is 2. The van der Waals surface area contributed by atoms with E-state index in [0.29, 0.717) is 23.8 Å². The minimum Gasteiger partial charge on any atom is -0.497 e. The standard InChI is InChI=1S/C26H30N2O6/c1-32-19-9-6-16(7-10-19)25-24(26(30)31)20(17-8-11-21-22(12-17)34-15-33-21)13-28(25)14-23(29)27-18-4-2-3-5-18/h6-12,18,20,24-25H,2-5,13-15H2,1H3,(H,27,29)(H,30,31). The molecule has 0 radical (unpaired) electrons. The molecule has 2 aromatic carbocycles. The van der Waals surface area contributed by atoms with E-state index in [9.17, 15) is 14.7 Å². The van der Waals surface area contributed by atoms with Crippen LogP contribution in [0.25, 0.3) is 0 Å². The molecule has 34 heavy (non-hydrogen) atoms. The van der Waals surface area contributed by atoms with Crippen molar-refractivity contribution in [3.05, 3.63) is 53.6 Å². The van der Waals surface area contributed by atoms with Crippen LogP contribution in [0, 0.1) is 5.92 Å². The summed E-state index contributed by atoms with van der Waals surface area (Å²) in [5.74, 6) is 0.00848. The molecule has 3 atom stereocenters. The van der Waals surface area contributed by atoms with Crippen LogP contribution in [-0.4, -0.2) is 54.9 Å². The van der Waals surface area contributed by atoms with Gasteiger partial charge in [-0.2, -0.15) is 0 Å². The van der Waals surface area contributed by atoms with Gasteiger partial charge in [0.25, 0.3) is 0 Å². The van der Waals surface area contributed by atoms with Crippen LogP contribution in [0.15, 0.2) is 42.5 Å². The highest BCUT2D eigenvalue weighted by Gasteiger charge is 2.48. The molecule has 0 spiro atoms. The van der Waals surface area contributed by atoms with Gasteiger partial charge in [0.05, 0.1) is 19.6 Å². The minimum atomic E-state index is -0.887. The molecular formula is C26H30N2O6. The Morgan fingerprint density at radius 1 is 1.06 bits per heavy atom. The average molecular weight is 467 g/mol. The summed E-state index contributed by atoms with van der Waals surface area (Å²) in [4.78, 5) is 27.6. The molecule has 8 heteroatoms. The smallest absolute Gasteiger partial charge is 0.309 e. The molecule has 0 bridgehead atoms. The van der Waals surface area contributed by atoms with Gasteiger partial charge < -0.3 is 24.6 Å². The third-order valence-electron chi connectivity index (χ3n) is 7.23. The summed E-state index contributed by atoms with van der Waals surface area (Å²) in [7, 11) is 1.60. The lowest BCUT2D eigenvalue weighted by molar-refractivity contribution is -0.143. The molecule has 2 heterocycles. The van der Waals surface area contributed by atoms with E-state index < -0.39 is 17.9 Å². The van der Waals surface area contributed by atoms with E-state index in [1.54, 1.807) is 7.11 Å². The van der Waals surface area contributed by atoms with Gasteiger partial charge in [0, 0.05) is 24.5 Å². The van der Waals surface area contributed by atoms with Crippen LogP contribution in [-0.2, 0) is 9.59 Å². The molecule has 3 unspecified atom stereocenters. The first-order valence-corrected chi connectivity index (χ1v) is 11.8. The molecule has 1 aliphatic carbocycles. The van der Waals surface area contributed by atoms with Crippen LogP contribution in [0.5, 0.6) is 17.2 Å². The van der Waals surface area contributed by atoms with Crippen molar-refractivity contribution < 1.29 is 28.9 Å². The number of amides is 1. The highest BCUT2D eigenvalue weighted by atomic mass is 16.7. The fraction of sp³-hybridized carbons (Fsp3) is 0.462. The lowest BCUT2D eigenvalue weighted by Gasteiger charge is -2.27. The number of carboxylic acids is 1. The molecule has 2 fully saturated rings. The Morgan fingerprint density at radius 3 is 2.47 bits per heavy atom. The van der Waals surface area contributed by atoms with Crippen molar-refractivity contribution in [3.8, 4) is 17.2 Å². The zero-order valence-electron chi connectivity index (χ0n) is 19.2. The summed E-state index contributed by atoms with van der Waals surface area (Å²) < 4.78 is 16.2. The van der Waals surface area contributed by atoms with Gasteiger partial charge in [0.1, 0.15) is 5.75 Å². The summed E-state index contributed by atoms with van der Waals surface area (Å²) in [5.41, 5.74) is 1.72. The summed E-state index contributed by atoms with van der Waals surface area (Å²) in [6.07, 6.45) is 4.28. The highest BCUT2D eigenvalue weighted by molar-refractivity contribution is 5.79. The van der Waals surface area contributed by atoms with Crippen molar-refractivity contribution in [2.75, 3.05) is 27.0 Å². The molecule has 5 rings (SSSR count). The largest absolute Gasteiger partial charge is 0.497 e. The average Bonchev–Trinajstić information content (AvgIpc) is 3.58. The molecule has 0 aromatic heterocycles. The Bertz CT molecular complexity index is 1050. The number of carbonyl (C=O) groups is 2. The first-order valence-electron chi connectivity index (χ1n) is 11.8. The fourth-order valence-corrected chi connectivity index (χ4v) is 5.60. The molecule has 1 saturated carbocycles. The van der Waals surface area contributed by atoms with Crippen molar-refractivity contribution in [2.24, 2.45) is 5.92 Å². The summed E-state index contributed by atoms with van der Waals surface area (Å²) >= 11 is 0. The number of nitrogens with zero attached hydrogens (tertiary/aromatic N) is 1. The summed E-state index contributed by atoms with van der Waals surface area (Å²) in [6, 6.07) is 12.8. The maximum atomic E-state index is 12.9. The van der Waals surface area contributed by atoms with E-state index >= 15 is 0 Å². The topological polar surface area (TPSA) is 97.3 Å². The number of likely N-dealkylation sites (tertiary alicyclic amines) is 1. The molecule has 2 aromatic rings. The third-order valence-corrected chi connectivity index (χ3v) is 7.23. The molecule has 3 aliphatic rings. The Balaban J connectivity index is 1.46. The molecule has 1 saturated heterocycles. The van der Waals surface area contributed by atoms with Crippen molar-refractivity contribution in [1.82, 2.24) is 10.2 Å². The number of fused-ring (bicyclic) bond motifs is 1. The second-order valence-electron chi connectivity index (χ2n) is 9.28. The molecule has 2 aliphatic heterocycles. The zero-order valence-corrected chi connectivity index (χ0v) is 19.2. The van der Waals surface area contributed by atoms with Gasteiger partial charge in [-0.05, 0) is 48.2 Å². The number of rotatable bonds is 7. The van der Waals surface area contributed by atoms with Crippen LogP contribution in [0.1, 0.15) is 48.8 Å². The van der Waals surface area contributed by atoms with Gasteiger partial charge in [-0.3, -0.25) is 14.5 Å². The number of aliphatic carboxylic acids is 1. The number of methoxy groups -OCH3 is 1. The normalized spacial score (nSPS) is 24.3. The fourth-order valence-electron chi connectivity index (χ4n) is 5.60. The highest BCUT2D eigenvalue weighted by Crippen LogP contribution is 2.47. The van der Waals surface area contributed by atoms with Gasteiger partial charge in [0.15, 0.2) is 11.5 Å². The maximum absolute atomic E-state index is 12.9. The summed E-state index contributed by atoms with van der Waals surface area (Å²) in [6.45, 7) is 0.761. The van der Waals surface area contributed by atoms with Crippen LogP contribution in [0.2, 0.25) is 0 Å². The number of hydrogen-bond donors (Lipinski definition) is 2. The summed E-state index contributed by atoms with van der Waals surface area (Å²) in [5, 5.41) is 13.5. The first-order chi connectivity index (χ1) is 16.5. The van der Waals surface area contributed by atoms with Crippen LogP contribution >= 0.6 is 0 Å². The van der Waals surface area contributed by atoms with E-state index in [4.69, 9.17) is 14.2 Å². The quantitative estimate of drug-likeness (QED) is 0.646. The van der Waals surface area contributed by atoms with Crippen molar-refractivity contribution in [1.29, 1.82) is 0 Å². The van der Waals surface area contributed by atoms with E-state index in [0.717, 1.165) is 36.8 Å². The van der Waals surface area contributed by atoms with Gasteiger partial charge in [-0.15, -0.1) is 0 Å². The number of ether oxygens (including phenoxy) is 3. The third kappa shape index (κ3) is 4.42. The van der Waals surface area contributed by atoms with Crippen LogP contribution < -0.4 is 19.5 Å². The lowest BCUT2D eigenvalue weighted by Crippen LogP contribution is -2.41. The van der Waals surface area contributed by atoms with E-state index in [2.05, 4.69) is 5.32 Å². The zero-order chi connectivity index (χ0) is 23.7.